The molecular weight excluding hydrogens is 880 g/mol. The quantitative estimate of drug-likeness (QED) is 0.127. The van der Waals surface area contributed by atoms with Gasteiger partial charge in [0, 0.05) is 50.8 Å². The zero-order valence-electron chi connectivity index (χ0n) is 39.2. The van der Waals surface area contributed by atoms with Gasteiger partial charge in [0.15, 0.2) is 0 Å². The van der Waals surface area contributed by atoms with E-state index in [1.54, 1.807) is 6.07 Å². The van der Waals surface area contributed by atoms with Gasteiger partial charge in [-0.1, -0.05) is 194 Å². The summed E-state index contributed by atoms with van der Waals surface area (Å²) in [5.74, 6) is 1.25. The van der Waals surface area contributed by atoms with Gasteiger partial charge in [-0.15, -0.1) is 0 Å². The lowest BCUT2D eigenvalue weighted by molar-refractivity contribution is 0.487. The van der Waals surface area contributed by atoms with Gasteiger partial charge in [-0.05, 0) is 122 Å². The first-order valence-corrected chi connectivity index (χ1v) is 24.3. The summed E-state index contributed by atoms with van der Waals surface area (Å²) < 4.78 is 24.8. The van der Waals surface area contributed by atoms with Gasteiger partial charge in [0.2, 0.25) is 0 Å². The Hall–Kier alpha value is -9.51. The van der Waals surface area contributed by atoms with Gasteiger partial charge in [0.05, 0.1) is 17.1 Å². The van der Waals surface area contributed by atoms with Crippen LogP contribution in [0, 0.1) is 5.82 Å². The lowest BCUT2D eigenvalue weighted by Crippen LogP contribution is -2.14. The van der Waals surface area contributed by atoms with Gasteiger partial charge in [0.1, 0.15) is 17.3 Å². The highest BCUT2D eigenvalue weighted by molar-refractivity contribution is 6.18. The Morgan fingerprint density at radius 1 is 0.292 bits per heavy atom. The largest absolute Gasteiger partial charge is 0.456 e. The highest BCUT2D eigenvalue weighted by Gasteiger charge is 2.28. The summed E-state index contributed by atoms with van der Waals surface area (Å²) in [6.45, 7) is 0. The predicted octanol–water partition coefficient (Wildman–Crippen LogP) is 19.5. The molecule has 72 heavy (non-hydrogen) atoms. The number of para-hydroxylation sites is 3. The van der Waals surface area contributed by atoms with E-state index < -0.39 is 0 Å². The van der Waals surface area contributed by atoms with Crippen molar-refractivity contribution in [2.24, 2.45) is 0 Å². The Morgan fingerprint density at radius 3 is 1.46 bits per heavy atom. The lowest BCUT2D eigenvalue weighted by Gasteiger charge is -2.31. The highest BCUT2D eigenvalue weighted by atomic mass is 19.1. The van der Waals surface area contributed by atoms with Crippen molar-refractivity contribution in [3.63, 3.8) is 0 Å². The van der Waals surface area contributed by atoms with Crippen molar-refractivity contribution in [2.75, 3.05) is 9.80 Å². The van der Waals surface area contributed by atoms with Gasteiger partial charge in [-0.25, -0.2) is 4.39 Å². The number of fused-ring (bicyclic) bond motifs is 4. The summed E-state index contributed by atoms with van der Waals surface area (Å²) >= 11 is 0. The summed E-state index contributed by atoms with van der Waals surface area (Å²) in [7, 11) is 0. The molecule has 1 heterocycles. The van der Waals surface area contributed by atoms with Crippen LogP contribution in [0.2, 0.25) is 0 Å². The summed E-state index contributed by atoms with van der Waals surface area (Å²) in [6, 6.07) is 94.0. The molecule has 12 aromatic rings. The molecule has 0 N–H and O–H groups in total. The molecule has 1 aliphatic rings. The molecule has 1 aliphatic heterocycles. The van der Waals surface area contributed by atoms with E-state index in [1.807, 2.05) is 72.8 Å². The SMILES string of the molecule is Fc1cc(-c2ccccc2)cc(-c2ccccc2)c1N(c1ccc2cc3c4c(cccc4c2c1)Oc1cc(N(c2ccccc2)c2ccccc2-c2ccccc2)ccc1-3)c1ccccc1-c1ccccc1. The molecule has 13 rings (SSSR count). The second-order valence-corrected chi connectivity index (χ2v) is 18.1. The summed E-state index contributed by atoms with van der Waals surface area (Å²) in [4.78, 5) is 4.43. The van der Waals surface area contributed by atoms with Crippen molar-refractivity contribution >= 4 is 55.7 Å². The highest BCUT2D eigenvalue weighted by Crippen LogP contribution is 2.53. The third kappa shape index (κ3) is 7.54. The van der Waals surface area contributed by atoms with Gasteiger partial charge in [-0.3, -0.25) is 0 Å². The summed E-state index contributed by atoms with van der Waals surface area (Å²) in [5.41, 5.74) is 15.1. The van der Waals surface area contributed by atoms with E-state index in [0.717, 1.165) is 117 Å². The number of anilines is 6. The number of hydrogen-bond donors (Lipinski definition) is 0. The first kappa shape index (κ1) is 42.6. The van der Waals surface area contributed by atoms with Crippen molar-refractivity contribution in [2.45, 2.75) is 0 Å². The normalized spacial score (nSPS) is 11.5. The topological polar surface area (TPSA) is 15.7 Å². The third-order valence-electron chi connectivity index (χ3n) is 13.9. The maximum Gasteiger partial charge on any atom is 0.148 e. The average molecular weight is 925 g/mol. The van der Waals surface area contributed by atoms with E-state index in [4.69, 9.17) is 4.74 Å². The first-order valence-electron chi connectivity index (χ1n) is 24.3. The molecule has 0 spiro atoms. The molecule has 0 amide bonds. The van der Waals surface area contributed by atoms with Crippen molar-refractivity contribution in [3.8, 4) is 67.1 Å². The van der Waals surface area contributed by atoms with Crippen molar-refractivity contribution in [3.05, 3.63) is 279 Å². The fourth-order valence-corrected chi connectivity index (χ4v) is 10.6. The molecule has 0 aliphatic carbocycles. The minimum atomic E-state index is -0.325. The van der Waals surface area contributed by atoms with Crippen LogP contribution in [0.15, 0.2) is 273 Å². The fourth-order valence-electron chi connectivity index (χ4n) is 10.6. The average Bonchev–Trinajstić information content (AvgIpc) is 3.45. The Bertz CT molecular complexity index is 3960. The van der Waals surface area contributed by atoms with Crippen molar-refractivity contribution in [1.82, 2.24) is 0 Å². The van der Waals surface area contributed by atoms with E-state index in [9.17, 15) is 0 Å². The number of benzene rings is 12. The first-order chi connectivity index (χ1) is 35.6. The molecule has 0 radical (unpaired) electrons. The predicted molar refractivity (Wildman–Crippen MR) is 298 cm³/mol. The standard InChI is InChI=1S/C68H45FN2O/c69-62-43-51(46-21-6-1-7-22-46)42-60(49-27-12-4-13-28-49)68(62)71(64-35-19-17-32-56(64)48-25-10-3-11-26-48)53-38-37-50-41-61-57-40-39-54(45-66(57)72-65-36-20-33-58(67(61)65)59(50)44-53)70(52-29-14-5-15-30-52)63-34-18-16-31-55(63)47-23-8-2-9-24-47/h1-45H. The molecule has 12 aromatic carbocycles. The van der Waals surface area contributed by atoms with Gasteiger partial charge >= 0.3 is 0 Å². The van der Waals surface area contributed by atoms with E-state index in [1.165, 1.54) is 0 Å². The number of hydrogen-bond acceptors (Lipinski definition) is 3. The molecule has 0 atom stereocenters. The van der Waals surface area contributed by atoms with Crippen LogP contribution in [0.4, 0.5) is 38.5 Å². The van der Waals surface area contributed by atoms with Gasteiger partial charge < -0.3 is 14.5 Å². The molecule has 4 heteroatoms. The zero-order chi connectivity index (χ0) is 48.0. The lowest BCUT2D eigenvalue weighted by atomic mass is 9.90. The van der Waals surface area contributed by atoms with Crippen LogP contribution in [0.25, 0.3) is 77.2 Å². The van der Waals surface area contributed by atoms with Crippen molar-refractivity contribution in [1.29, 1.82) is 0 Å². The smallest absolute Gasteiger partial charge is 0.148 e. The Morgan fingerprint density at radius 2 is 0.819 bits per heavy atom. The second-order valence-electron chi connectivity index (χ2n) is 18.1. The molecule has 0 saturated carbocycles. The molecule has 0 aromatic heterocycles. The molecule has 0 unspecified atom stereocenters. The minimum absolute atomic E-state index is 0.325. The monoisotopic (exact) mass is 924 g/mol. The van der Waals surface area contributed by atoms with E-state index >= 15 is 4.39 Å². The van der Waals surface area contributed by atoms with Crippen LogP contribution in [0.1, 0.15) is 0 Å². The second kappa shape index (κ2) is 18.1. The molecule has 0 fully saturated rings. The number of rotatable bonds is 10. The van der Waals surface area contributed by atoms with E-state index in [0.29, 0.717) is 5.69 Å². The Kier molecular flexibility index (Phi) is 10.7. The van der Waals surface area contributed by atoms with Crippen LogP contribution in [-0.4, -0.2) is 0 Å². The zero-order valence-corrected chi connectivity index (χ0v) is 39.2. The minimum Gasteiger partial charge on any atom is -0.456 e. The molecule has 0 bridgehead atoms. The van der Waals surface area contributed by atoms with Crippen LogP contribution >= 0.6 is 0 Å². The molecule has 340 valence electrons. The maximum absolute atomic E-state index is 17.8. The van der Waals surface area contributed by atoms with Gasteiger partial charge in [-0.2, -0.15) is 0 Å². The van der Waals surface area contributed by atoms with Crippen molar-refractivity contribution < 1.29 is 9.13 Å². The molecule has 0 saturated heterocycles. The number of halogens is 1. The van der Waals surface area contributed by atoms with Gasteiger partial charge in [0.25, 0.3) is 0 Å². The molecule has 3 nitrogen and oxygen atoms in total. The summed E-state index contributed by atoms with van der Waals surface area (Å²) in [6.07, 6.45) is 0. The fraction of sp³-hybridized carbons (Fsp3) is 0. The third-order valence-corrected chi connectivity index (χ3v) is 13.9. The number of ether oxygens (including phenoxy) is 1. The van der Waals surface area contributed by atoms with Crippen LogP contribution < -0.4 is 14.5 Å². The Balaban J connectivity index is 0.992. The Labute approximate surface area is 418 Å². The van der Waals surface area contributed by atoms with E-state index in [2.05, 4.69) is 204 Å². The van der Waals surface area contributed by atoms with Crippen LogP contribution in [0.3, 0.4) is 0 Å². The number of nitrogens with zero attached hydrogens (tertiary/aromatic N) is 2. The van der Waals surface area contributed by atoms with E-state index in [-0.39, 0.29) is 5.82 Å². The summed E-state index contributed by atoms with van der Waals surface area (Å²) in [5, 5.41) is 4.20. The maximum atomic E-state index is 17.8. The van der Waals surface area contributed by atoms with Crippen LogP contribution in [0.5, 0.6) is 11.5 Å². The van der Waals surface area contributed by atoms with Crippen LogP contribution in [-0.2, 0) is 0 Å². The molecular formula is C68H45FN2O.